The highest BCUT2D eigenvalue weighted by molar-refractivity contribution is 6.06. The SMILES string of the molecule is CC(C)C(C=NC(=O)c1ccc2c(c1)CN(C1CCC(=O)NC1=O)C2=O)c1ccc(F)cc1. The number of aliphatic imine (C=N–C) groups is 1. The largest absolute Gasteiger partial charge is 0.322 e. The normalized spacial score (nSPS) is 19.2. The summed E-state index contributed by atoms with van der Waals surface area (Å²) in [6.07, 6.45) is 2.04. The molecule has 0 aliphatic carbocycles. The smallest absolute Gasteiger partial charge is 0.276 e. The van der Waals surface area contributed by atoms with E-state index in [1.165, 1.54) is 17.0 Å². The lowest BCUT2D eigenvalue weighted by Gasteiger charge is -2.29. The fraction of sp³-hybridized carbons (Fsp3) is 0.320. The fourth-order valence-electron chi connectivity index (χ4n) is 4.26. The summed E-state index contributed by atoms with van der Waals surface area (Å²) in [5.74, 6) is -1.90. The van der Waals surface area contributed by atoms with Gasteiger partial charge in [0.2, 0.25) is 11.8 Å². The van der Waals surface area contributed by atoms with E-state index in [1.54, 1.807) is 36.5 Å². The molecule has 33 heavy (non-hydrogen) atoms. The van der Waals surface area contributed by atoms with Gasteiger partial charge in [-0.25, -0.2) is 9.38 Å². The number of halogens is 1. The van der Waals surface area contributed by atoms with Gasteiger partial charge in [0.25, 0.3) is 11.8 Å². The molecular weight excluding hydrogens is 425 g/mol. The fourth-order valence-corrected chi connectivity index (χ4v) is 4.26. The number of nitrogens with zero attached hydrogens (tertiary/aromatic N) is 2. The van der Waals surface area contributed by atoms with Crippen LogP contribution in [0.25, 0.3) is 0 Å². The molecule has 8 heteroatoms. The molecule has 2 aromatic rings. The average molecular weight is 449 g/mol. The van der Waals surface area contributed by atoms with Crippen LogP contribution in [0.15, 0.2) is 47.5 Å². The third-order valence-corrected chi connectivity index (χ3v) is 6.10. The molecule has 0 spiro atoms. The summed E-state index contributed by atoms with van der Waals surface area (Å²) in [4.78, 5) is 54.7. The van der Waals surface area contributed by atoms with E-state index in [1.807, 2.05) is 13.8 Å². The third-order valence-electron chi connectivity index (χ3n) is 6.10. The molecule has 4 rings (SSSR count). The zero-order valence-corrected chi connectivity index (χ0v) is 18.4. The van der Waals surface area contributed by atoms with Crippen molar-refractivity contribution in [3.63, 3.8) is 0 Å². The van der Waals surface area contributed by atoms with E-state index in [9.17, 15) is 23.6 Å². The predicted molar refractivity (Wildman–Crippen MR) is 119 cm³/mol. The molecule has 1 fully saturated rings. The Bertz CT molecular complexity index is 1160. The molecule has 2 atom stereocenters. The first-order valence-electron chi connectivity index (χ1n) is 10.9. The summed E-state index contributed by atoms with van der Waals surface area (Å²) >= 11 is 0. The van der Waals surface area contributed by atoms with Crippen LogP contribution in [0.2, 0.25) is 0 Å². The van der Waals surface area contributed by atoms with Gasteiger partial charge in [-0.15, -0.1) is 0 Å². The molecule has 0 saturated carbocycles. The summed E-state index contributed by atoms with van der Waals surface area (Å²) in [5.41, 5.74) is 2.28. The predicted octanol–water partition coefficient (Wildman–Crippen LogP) is 3.24. The quantitative estimate of drug-likeness (QED) is 0.560. The molecule has 2 aliphatic heterocycles. The number of nitrogens with one attached hydrogen (secondary N) is 1. The zero-order chi connectivity index (χ0) is 23.7. The Labute approximate surface area is 190 Å². The highest BCUT2D eigenvalue weighted by Gasteiger charge is 2.39. The minimum atomic E-state index is -0.706. The van der Waals surface area contributed by atoms with Crippen LogP contribution < -0.4 is 5.32 Å². The average Bonchev–Trinajstić information content (AvgIpc) is 3.10. The van der Waals surface area contributed by atoms with Gasteiger partial charge in [-0.2, -0.15) is 0 Å². The number of hydrogen-bond donors (Lipinski definition) is 1. The second kappa shape index (κ2) is 9.05. The second-order valence-corrected chi connectivity index (χ2v) is 8.68. The number of amides is 4. The molecule has 2 heterocycles. The van der Waals surface area contributed by atoms with E-state index in [4.69, 9.17) is 0 Å². The van der Waals surface area contributed by atoms with E-state index in [0.717, 1.165) is 5.56 Å². The Morgan fingerprint density at radius 3 is 2.55 bits per heavy atom. The molecule has 170 valence electrons. The molecule has 2 aromatic carbocycles. The van der Waals surface area contributed by atoms with Crippen molar-refractivity contribution in [2.75, 3.05) is 0 Å². The van der Waals surface area contributed by atoms with E-state index in [2.05, 4.69) is 10.3 Å². The standard InChI is InChI=1S/C25H24FN3O4/c1-14(2)20(15-3-6-18(26)7-4-15)12-27-23(31)16-5-8-19-17(11-16)13-29(25(19)33)21-9-10-22(30)28-24(21)32/h3-8,11-12,14,20-21H,9-10,13H2,1-2H3,(H,28,30,32). The topological polar surface area (TPSA) is 95.9 Å². The second-order valence-electron chi connectivity index (χ2n) is 8.68. The van der Waals surface area contributed by atoms with Crippen LogP contribution in [0.4, 0.5) is 4.39 Å². The molecule has 7 nitrogen and oxygen atoms in total. The summed E-state index contributed by atoms with van der Waals surface area (Å²) in [7, 11) is 0. The van der Waals surface area contributed by atoms with Gasteiger partial charge in [0.15, 0.2) is 0 Å². The monoisotopic (exact) mass is 449 g/mol. The molecule has 2 aliphatic rings. The molecule has 4 amide bonds. The number of rotatable bonds is 5. The van der Waals surface area contributed by atoms with Crippen LogP contribution in [0.3, 0.4) is 0 Å². The van der Waals surface area contributed by atoms with Crippen molar-refractivity contribution in [1.82, 2.24) is 10.2 Å². The molecule has 1 N–H and O–H groups in total. The highest BCUT2D eigenvalue weighted by atomic mass is 19.1. The third kappa shape index (κ3) is 4.60. The van der Waals surface area contributed by atoms with Crippen molar-refractivity contribution in [2.24, 2.45) is 10.9 Å². The van der Waals surface area contributed by atoms with Crippen LogP contribution in [0.5, 0.6) is 0 Å². The van der Waals surface area contributed by atoms with Gasteiger partial charge in [0, 0.05) is 36.2 Å². The summed E-state index contributed by atoms with van der Waals surface area (Å²) < 4.78 is 13.3. The number of carbonyl (C=O) groups is 4. The van der Waals surface area contributed by atoms with Gasteiger partial charge in [-0.05, 0) is 53.8 Å². The van der Waals surface area contributed by atoms with Gasteiger partial charge in [-0.1, -0.05) is 26.0 Å². The van der Waals surface area contributed by atoms with Crippen molar-refractivity contribution in [3.8, 4) is 0 Å². The maximum Gasteiger partial charge on any atom is 0.276 e. The van der Waals surface area contributed by atoms with Crippen LogP contribution in [-0.2, 0) is 16.1 Å². The Morgan fingerprint density at radius 2 is 1.88 bits per heavy atom. The highest BCUT2D eigenvalue weighted by Crippen LogP contribution is 2.29. The number of benzene rings is 2. The van der Waals surface area contributed by atoms with Crippen LogP contribution in [0, 0.1) is 11.7 Å². The molecule has 0 radical (unpaired) electrons. The molecule has 0 bridgehead atoms. The first-order valence-corrected chi connectivity index (χ1v) is 10.9. The van der Waals surface area contributed by atoms with Crippen molar-refractivity contribution >= 4 is 29.8 Å². The van der Waals surface area contributed by atoms with Gasteiger partial charge in [0.1, 0.15) is 11.9 Å². The number of carbonyl (C=O) groups excluding carboxylic acids is 4. The number of fused-ring (bicyclic) bond motifs is 1. The van der Waals surface area contributed by atoms with Crippen LogP contribution in [-0.4, -0.2) is 40.8 Å². The summed E-state index contributed by atoms with van der Waals surface area (Å²) in [6.45, 7) is 4.18. The summed E-state index contributed by atoms with van der Waals surface area (Å²) in [5, 5.41) is 2.27. The molecular formula is C25H24FN3O4. The molecule has 0 aromatic heterocycles. The molecule has 1 saturated heterocycles. The van der Waals surface area contributed by atoms with Crippen molar-refractivity contribution in [3.05, 3.63) is 70.5 Å². The minimum Gasteiger partial charge on any atom is -0.322 e. The number of piperidine rings is 1. The van der Waals surface area contributed by atoms with E-state index in [0.29, 0.717) is 16.7 Å². The van der Waals surface area contributed by atoms with Gasteiger partial charge >= 0.3 is 0 Å². The molecule has 2 unspecified atom stereocenters. The van der Waals surface area contributed by atoms with Crippen molar-refractivity contribution < 1.29 is 23.6 Å². The van der Waals surface area contributed by atoms with Crippen molar-refractivity contribution in [1.29, 1.82) is 0 Å². The number of hydrogen-bond acceptors (Lipinski definition) is 4. The Kier molecular flexibility index (Phi) is 6.18. The minimum absolute atomic E-state index is 0.145. The lowest BCUT2D eigenvalue weighted by Crippen LogP contribution is -2.52. The maximum atomic E-state index is 13.3. The van der Waals surface area contributed by atoms with Gasteiger partial charge < -0.3 is 4.90 Å². The Balaban J connectivity index is 1.51. The summed E-state index contributed by atoms with van der Waals surface area (Å²) in [6, 6.07) is 10.2. The zero-order valence-electron chi connectivity index (χ0n) is 18.4. The van der Waals surface area contributed by atoms with Crippen molar-refractivity contribution in [2.45, 2.75) is 45.2 Å². The lowest BCUT2D eigenvalue weighted by atomic mass is 9.89. The first kappa shape index (κ1) is 22.5. The Morgan fingerprint density at radius 1 is 1.15 bits per heavy atom. The maximum absolute atomic E-state index is 13.3. The van der Waals surface area contributed by atoms with Gasteiger partial charge in [0.05, 0.1) is 0 Å². The van der Waals surface area contributed by atoms with E-state index < -0.39 is 17.9 Å². The van der Waals surface area contributed by atoms with Crippen LogP contribution >= 0.6 is 0 Å². The first-order chi connectivity index (χ1) is 15.7. The van der Waals surface area contributed by atoms with Gasteiger partial charge in [-0.3, -0.25) is 24.5 Å². The van der Waals surface area contributed by atoms with Crippen LogP contribution in [0.1, 0.15) is 64.4 Å². The number of imide groups is 1. The Hall–Kier alpha value is -3.68. The lowest BCUT2D eigenvalue weighted by molar-refractivity contribution is -0.136. The van der Waals surface area contributed by atoms with E-state index >= 15 is 0 Å². The van der Waals surface area contributed by atoms with E-state index in [-0.39, 0.29) is 48.9 Å².